The van der Waals surface area contributed by atoms with Crippen molar-refractivity contribution in [1.29, 1.82) is 0 Å². The molecule has 11 nitrogen and oxygen atoms in total. The van der Waals surface area contributed by atoms with Crippen LogP contribution >= 0.6 is 0 Å². The van der Waals surface area contributed by atoms with E-state index in [2.05, 4.69) is 16.0 Å². The summed E-state index contributed by atoms with van der Waals surface area (Å²) in [6.45, 7) is 10.5. The van der Waals surface area contributed by atoms with Crippen molar-refractivity contribution in [3.05, 3.63) is 0 Å². The minimum atomic E-state index is -1.16. The summed E-state index contributed by atoms with van der Waals surface area (Å²) in [5.74, 6) is -5.11. The molecule has 0 aromatic carbocycles. The Kier molecular flexibility index (Phi) is 13.3. The second kappa shape index (κ2) is 14.5. The normalized spacial score (nSPS) is 16.6. The van der Waals surface area contributed by atoms with Crippen molar-refractivity contribution < 1.29 is 34.2 Å². The molecule has 0 aromatic rings. The number of carboxylic acids is 2. The summed E-state index contributed by atoms with van der Waals surface area (Å²) in [5, 5.41) is 25.9. The molecule has 0 aliphatic rings. The summed E-state index contributed by atoms with van der Waals surface area (Å²) >= 11 is 0. The largest absolute Gasteiger partial charge is 0.481 e. The number of amides is 3. The molecule has 7 N–H and O–H groups in total. The van der Waals surface area contributed by atoms with E-state index in [9.17, 15) is 29.1 Å². The zero-order chi connectivity index (χ0) is 25.9. The van der Waals surface area contributed by atoms with Crippen LogP contribution < -0.4 is 21.7 Å². The van der Waals surface area contributed by atoms with Gasteiger partial charge in [-0.1, -0.05) is 54.4 Å². The van der Waals surface area contributed by atoms with Crippen LogP contribution in [-0.4, -0.2) is 64.0 Å². The number of aliphatic carboxylic acids is 2. The van der Waals surface area contributed by atoms with Gasteiger partial charge in [-0.3, -0.25) is 19.2 Å². The lowest BCUT2D eigenvalue weighted by Gasteiger charge is -2.30. The number of nitrogens with one attached hydrogen (secondary N) is 3. The molecule has 3 amide bonds. The predicted molar refractivity (Wildman–Crippen MR) is 122 cm³/mol. The monoisotopic (exact) mass is 472 g/mol. The molecule has 0 fully saturated rings. The van der Waals surface area contributed by atoms with Crippen LogP contribution in [0.3, 0.4) is 0 Å². The first-order chi connectivity index (χ1) is 15.3. The Morgan fingerprint density at radius 2 is 1.15 bits per heavy atom. The lowest BCUT2D eigenvalue weighted by atomic mass is 9.95. The molecular weight excluding hydrogens is 432 g/mol. The van der Waals surface area contributed by atoms with Gasteiger partial charge in [-0.2, -0.15) is 0 Å². The molecule has 0 spiro atoms. The van der Waals surface area contributed by atoms with Gasteiger partial charge in [-0.25, -0.2) is 4.79 Å². The lowest BCUT2D eigenvalue weighted by Crippen LogP contribution is -2.60. The molecule has 190 valence electrons. The molecule has 0 heterocycles. The van der Waals surface area contributed by atoms with Gasteiger partial charge in [0.1, 0.15) is 18.1 Å². The first kappa shape index (κ1) is 30.3. The second-order valence-electron chi connectivity index (χ2n) is 8.85. The van der Waals surface area contributed by atoms with E-state index in [1.165, 1.54) is 0 Å². The number of carbonyl (C=O) groups excluding carboxylic acids is 3. The van der Waals surface area contributed by atoms with Gasteiger partial charge in [-0.05, 0) is 24.2 Å². The van der Waals surface area contributed by atoms with E-state index in [4.69, 9.17) is 10.8 Å². The van der Waals surface area contributed by atoms with Gasteiger partial charge in [0.05, 0.1) is 6.04 Å². The van der Waals surface area contributed by atoms with Crippen molar-refractivity contribution in [2.75, 3.05) is 0 Å². The van der Waals surface area contributed by atoms with Gasteiger partial charge in [0.25, 0.3) is 0 Å². The predicted octanol–water partition coefficient (Wildman–Crippen LogP) is 0.466. The fraction of sp³-hybridized carbons (Fsp3) is 0.773. The van der Waals surface area contributed by atoms with Gasteiger partial charge >= 0.3 is 11.9 Å². The van der Waals surface area contributed by atoms with Gasteiger partial charge in [-0.15, -0.1) is 0 Å². The number of hydrogen-bond donors (Lipinski definition) is 6. The van der Waals surface area contributed by atoms with E-state index in [-0.39, 0.29) is 30.6 Å². The second-order valence-corrected chi connectivity index (χ2v) is 8.85. The molecule has 0 aliphatic carbocycles. The maximum Gasteiger partial charge on any atom is 0.326 e. The topological polar surface area (TPSA) is 188 Å². The fourth-order valence-electron chi connectivity index (χ4n) is 3.08. The van der Waals surface area contributed by atoms with Crippen molar-refractivity contribution in [2.45, 2.75) is 91.4 Å². The van der Waals surface area contributed by atoms with E-state index in [1.807, 2.05) is 13.8 Å². The first-order valence-electron chi connectivity index (χ1n) is 11.4. The molecular formula is C22H40N4O7. The van der Waals surface area contributed by atoms with Crippen LogP contribution in [0.1, 0.15) is 67.2 Å². The van der Waals surface area contributed by atoms with Gasteiger partial charge in [0.15, 0.2) is 0 Å². The van der Waals surface area contributed by atoms with E-state index in [0.29, 0.717) is 12.8 Å². The summed E-state index contributed by atoms with van der Waals surface area (Å²) in [6, 6.07) is -4.22. The molecule has 0 bridgehead atoms. The van der Waals surface area contributed by atoms with Crippen molar-refractivity contribution in [3.63, 3.8) is 0 Å². The number of nitrogens with two attached hydrogens (primary N) is 1. The number of carbonyl (C=O) groups is 5. The van der Waals surface area contributed by atoms with Crippen LogP contribution in [0, 0.1) is 17.8 Å². The maximum atomic E-state index is 13.0. The highest BCUT2D eigenvalue weighted by Gasteiger charge is 2.34. The van der Waals surface area contributed by atoms with Crippen LogP contribution in [0.25, 0.3) is 0 Å². The number of rotatable bonds is 15. The summed E-state index contributed by atoms with van der Waals surface area (Å²) in [6.07, 6.45) is 0.709. The van der Waals surface area contributed by atoms with Crippen LogP contribution in [0.2, 0.25) is 0 Å². The van der Waals surface area contributed by atoms with E-state index in [0.717, 1.165) is 0 Å². The Morgan fingerprint density at radius 1 is 0.727 bits per heavy atom. The molecule has 0 saturated carbocycles. The first-order valence-corrected chi connectivity index (χ1v) is 11.4. The Labute approximate surface area is 195 Å². The molecule has 6 atom stereocenters. The SMILES string of the molecule is CCC(C)C(NC(=O)C(NC(=O)C(NC(=O)C(N)CCC(=O)O)C(C)CC)C(C)C)C(=O)O. The van der Waals surface area contributed by atoms with Gasteiger partial charge in [0.2, 0.25) is 17.7 Å². The van der Waals surface area contributed by atoms with Crippen molar-refractivity contribution >= 4 is 29.7 Å². The van der Waals surface area contributed by atoms with E-state index >= 15 is 0 Å². The third-order valence-corrected chi connectivity index (χ3v) is 5.82. The average molecular weight is 473 g/mol. The molecule has 0 radical (unpaired) electrons. The highest BCUT2D eigenvalue weighted by Crippen LogP contribution is 2.13. The summed E-state index contributed by atoms with van der Waals surface area (Å²) in [7, 11) is 0. The molecule has 0 aromatic heterocycles. The van der Waals surface area contributed by atoms with E-state index < -0.39 is 53.8 Å². The van der Waals surface area contributed by atoms with Crippen molar-refractivity contribution in [2.24, 2.45) is 23.5 Å². The van der Waals surface area contributed by atoms with Gasteiger partial charge in [0, 0.05) is 6.42 Å². The lowest BCUT2D eigenvalue weighted by molar-refractivity contribution is -0.144. The summed E-state index contributed by atoms with van der Waals surface area (Å²) < 4.78 is 0. The molecule has 0 aliphatic heterocycles. The van der Waals surface area contributed by atoms with Crippen LogP contribution in [0.5, 0.6) is 0 Å². The smallest absolute Gasteiger partial charge is 0.326 e. The molecule has 33 heavy (non-hydrogen) atoms. The van der Waals surface area contributed by atoms with Crippen LogP contribution in [0.4, 0.5) is 0 Å². The minimum Gasteiger partial charge on any atom is -0.481 e. The van der Waals surface area contributed by atoms with Crippen LogP contribution in [-0.2, 0) is 24.0 Å². The summed E-state index contributed by atoms with van der Waals surface area (Å²) in [5.41, 5.74) is 5.75. The van der Waals surface area contributed by atoms with E-state index in [1.54, 1.807) is 27.7 Å². The Morgan fingerprint density at radius 3 is 1.58 bits per heavy atom. The summed E-state index contributed by atoms with van der Waals surface area (Å²) in [4.78, 5) is 60.6. The quantitative estimate of drug-likeness (QED) is 0.198. The Bertz CT molecular complexity index is 698. The zero-order valence-electron chi connectivity index (χ0n) is 20.4. The molecule has 0 rings (SSSR count). The Hall–Kier alpha value is -2.69. The number of carboxylic acid groups (broad SMARTS) is 2. The third-order valence-electron chi connectivity index (χ3n) is 5.82. The Balaban J connectivity index is 5.49. The maximum absolute atomic E-state index is 13.0. The van der Waals surface area contributed by atoms with Gasteiger partial charge < -0.3 is 31.9 Å². The van der Waals surface area contributed by atoms with Crippen molar-refractivity contribution in [3.8, 4) is 0 Å². The van der Waals surface area contributed by atoms with Crippen molar-refractivity contribution in [1.82, 2.24) is 16.0 Å². The minimum absolute atomic E-state index is 0.0841. The molecule has 0 saturated heterocycles. The molecule has 11 heteroatoms. The third kappa shape index (κ3) is 10.2. The standard InChI is InChI=1S/C22H40N4O7/c1-7-12(5)17(25-19(29)14(23)9-10-15(27)28)21(31)24-16(11(3)4)20(30)26-18(22(32)33)13(6)8-2/h11-14,16-18H,7-10,23H2,1-6H3,(H,24,31)(H,25,29)(H,26,30)(H,27,28)(H,32,33). The average Bonchev–Trinajstić information content (AvgIpc) is 2.75. The molecule has 6 unspecified atom stereocenters. The fourth-order valence-corrected chi connectivity index (χ4v) is 3.08. The number of hydrogen-bond acceptors (Lipinski definition) is 6. The highest BCUT2D eigenvalue weighted by molar-refractivity contribution is 5.94. The highest BCUT2D eigenvalue weighted by atomic mass is 16.4. The van der Waals surface area contributed by atoms with Crippen LogP contribution in [0.15, 0.2) is 0 Å². The zero-order valence-corrected chi connectivity index (χ0v) is 20.4.